The number of aliphatic carboxylic acids is 1. The average Bonchev–Trinajstić information content (AvgIpc) is 2.35. The largest absolute Gasteiger partial charge is 0.484 e. The summed E-state index contributed by atoms with van der Waals surface area (Å²) in [5, 5.41) is 12.1. The van der Waals surface area contributed by atoms with Crippen molar-refractivity contribution in [3.8, 4) is 5.75 Å². The summed E-state index contributed by atoms with van der Waals surface area (Å²) in [5.74, 6) is 0.00265. The van der Waals surface area contributed by atoms with Crippen LogP contribution in [0.1, 0.15) is 30.4 Å². The smallest absolute Gasteiger partial charge is 0.307 e. The van der Waals surface area contributed by atoms with Gasteiger partial charge >= 0.3 is 5.97 Å². The Morgan fingerprint density at radius 1 is 1.26 bits per heavy atom. The van der Waals surface area contributed by atoms with Gasteiger partial charge in [-0.25, -0.2) is 0 Å². The number of carboxylic acids is 1. The standard InChI is InChI=1S/C15H19NO3/c17-14(18)8-15(9-16-10-15)19-13-6-5-11-3-1-2-4-12(11)7-13/h5-7,16H,1-4,8-10H2,(H,17,18). The first-order chi connectivity index (χ1) is 9.17. The molecule has 0 unspecified atom stereocenters. The highest BCUT2D eigenvalue weighted by molar-refractivity contribution is 5.68. The number of carbonyl (C=O) groups is 1. The second kappa shape index (κ2) is 4.85. The molecular weight excluding hydrogens is 242 g/mol. The van der Waals surface area contributed by atoms with Crippen LogP contribution >= 0.6 is 0 Å². The number of benzene rings is 1. The van der Waals surface area contributed by atoms with E-state index in [1.54, 1.807) is 0 Å². The monoisotopic (exact) mass is 261 g/mol. The quantitative estimate of drug-likeness (QED) is 0.867. The summed E-state index contributed by atoms with van der Waals surface area (Å²) in [5.41, 5.74) is 2.22. The maximum Gasteiger partial charge on any atom is 0.307 e. The average molecular weight is 261 g/mol. The van der Waals surface area contributed by atoms with E-state index in [0.29, 0.717) is 13.1 Å². The van der Waals surface area contributed by atoms with Crippen molar-refractivity contribution in [2.75, 3.05) is 13.1 Å². The molecule has 3 rings (SSSR count). The lowest BCUT2D eigenvalue weighted by atomic mass is 9.90. The fourth-order valence-electron chi connectivity index (χ4n) is 2.94. The first-order valence-electron chi connectivity index (χ1n) is 6.90. The first kappa shape index (κ1) is 12.5. The Balaban J connectivity index is 1.77. The van der Waals surface area contributed by atoms with Crippen LogP contribution in [-0.2, 0) is 17.6 Å². The molecule has 0 saturated carbocycles. The van der Waals surface area contributed by atoms with Crippen molar-refractivity contribution in [1.29, 1.82) is 0 Å². The zero-order valence-corrected chi connectivity index (χ0v) is 10.9. The minimum absolute atomic E-state index is 0.0527. The molecule has 0 spiro atoms. The SMILES string of the molecule is O=C(O)CC1(Oc2ccc3c(c2)CCCC3)CNC1. The minimum Gasteiger partial charge on any atom is -0.484 e. The van der Waals surface area contributed by atoms with E-state index < -0.39 is 11.6 Å². The third kappa shape index (κ3) is 2.59. The number of hydrogen-bond donors (Lipinski definition) is 2. The molecule has 1 aromatic rings. The van der Waals surface area contributed by atoms with Gasteiger partial charge in [0.25, 0.3) is 0 Å². The van der Waals surface area contributed by atoms with Crippen LogP contribution in [0.25, 0.3) is 0 Å². The van der Waals surface area contributed by atoms with E-state index in [9.17, 15) is 4.79 Å². The summed E-state index contributed by atoms with van der Waals surface area (Å²) in [6.07, 6.45) is 4.81. The summed E-state index contributed by atoms with van der Waals surface area (Å²) in [4.78, 5) is 10.9. The second-order valence-electron chi connectivity index (χ2n) is 5.60. The van der Waals surface area contributed by atoms with Gasteiger partial charge in [0, 0.05) is 13.1 Å². The van der Waals surface area contributed by atoms with Gasteiger partial charge in [-0.2, -0.15) is 0 Å². The van der Waals surface area contributed by atoms with Crippen LogP contribution < -0.4 is 10.1 Å². The van der Waals surface area contributed by atoms with Gasteiger partial charge in [0.1, 0.15) is 11.4 Å². The van der Waals surface area contributed by atoms with Crippen LogP contribution in [0.2, 0.25) is 0 Å². The maximum atomic E-state index is 10.9. The van der Waals surface area contributed by atoms with Crippen LogP contribution in [0.4, 0.5) is 0 Å². The molecule has 4 heteroatoms. The van der Waals surface area contributed by atoms with E-state index in [1.165, 1.54) is 24.0 Å². The summed E-state index contributed by atoms with van der Waals surface area (Å²) in [6, 6.07) is 6.20. The topological polar surface area (TPSA) is 58.6 Å². The molecule has 1 aliphatic heterocycles. The van der Waals surface area contributed by atoms with Crippen LogP contribution in [-0.4, -0.2) is 29.8 Å². The maximum absolute atomic E-state index is 10.9. The van der Waals surface area contributed by atoms with Gasteiger partial charge in [-0.3, -0.25) is 4.79 Å². The molecule has 0 atom stereocenters. The number of ether oxygens (including phenoxy) is 1. The zero-order chi connectivity index (χ0) is 13.3. The van der Waals surface area contributed by atoms with Gasteiger partial charge in [-0.15, -0.1) is 0 Å². The van der Waals surface area contributed by atoms with Crippen molar-refractivity contribution in [3.63, 3.8) is 0 Å². The molecule has 1 heterocycles. The van der Waals surface area contributed by atoms with Crippen LogP contribution in [0.15, 0.2) is 18.2 Å². The number of aryl methyl sites for hydroxylation is 2. The second-order valence-corrected chi connectivity index (χ2v) is 5.60. The highest BCUT2D eigenvalue weighted by atomic mass is 16.5. The molecule has 0 radical (unpaired) electrons. The van der Waals surface area contributed by atoms with E-state index in [2.05, 4.69) is 17.4 Å². The van der Waals surface area contributed by atoms with Crippen LogP contribution in [0.3, 0.4) is 0 Å². The normalized spacial score (nSPS) is 20.2. The molecule has 19 heavy (non-hydrogen) atoms. The van der Waals surface area contributed by atoms with Gasteiger partial charge in [0.2, 0.25) is 0 Å². The van der Waals surface area contributed by atoms with E-state index >= 15 is 0 Å². The molecule has 1 aliphatic carbocycles. The van der Waals surface area contributed by atoms with Crippen LogP contribution in [0.5, 0.6) is 5.75 Å². The Morgan fingerprint density at radius 3 is 2.63 bits per heavy atom. The van der Waals surface area contributed by atoms with Gasteiger partial charge in [-0.1, -0.05) is 6.07 Å². The first-order valence-corrected chi connectivity index (χ1v) is 6.90. The van der Waals surface area contributed by atoms with Crippen molar-refractivity contribution in [2.45, 2.75) is 37.7 Å². The Bertz CT molecular complexity index is 494. The van der Waals surface area contributed by atoms with Crippen molar-refractivity contribution in [1.82, 2.24) is 5.32 Å². The van der Waals surface area contributed by atoms with E-state index in [1.807, 2.05) is 6.07 Å². The minimum atomic E-state index is -0.806. The summed E-state index contributed by atoms with van der Waals surface area (Å²) in [7, 11) is 0. The number of carboxylic acid groups (broad SMARTS) is 1. The number of hydrogen-bond acceptors (Lipinski definition) is 3. The molecule has 0 aromatic heterocycles. The van der Waals surface area contributed by atoms with E-state index in [4.69, 9.17) is 9.84 Å². The summed E-state index contributed by atoms with van der Waals surface area (Å²) in [6.45, 7) is 1.22. The van der Waals surface area contributed by atoms with E-state index in [-0.39, 0.29) is 6.42 Å². The predicted octanol–water partition coefficient (Wildman–Crippen LogP) is 1.76. The molecule has 4 nitrogen and oxygen atoms in total. The lowest BCUT2D eigenvalue weighted by Gasteiger charge is -2.41. The third-order valence-corrected chi connectivity index (χ3v) is 4.02. The molecule has 1 fully saturated rings. The van der Waals surface area contributed by atoms with Crippen molar-refractivity contribution in [3.05, 3.63) is 29.3 Å². The third-order valence-electron chi connectivity index (χ3n) is 4.02. The Morgan fingerprint density at radius 2 is 2.00 bits per heavy atom. The molecular formula is C15H19NO3. The Kier molecular flexibility index (Phi) is 3.19. The highest BCUT2D eigenvalue weighted by Gasteiger charge is 2.41. The predicted molar refractivity (Wildman–Crippen MR) is 71.6 cm³/mol. The summed E-state index contributed by atoms with van der Waals surface area (Å²) >= 11 is 0. The van der Waals surface area contributed by atoms with E-state index in [0.717, 1.165) is 18.6 Å². The molecule has 0 bridgehead atoms. The van der Waals surface area contributed by atoms with Gasteiger partial charge < -0.3 is 15.2 Å². The number of rotatable bonds is 4. The molecule has 1 saturated heterocycles. The van der Waals surface area contributed by atoms with Crippen molar-refractivity contribution >= 4 is 5.97 Å². The van der Waals surface area contributed by atoms with Gasteiger partial charge in [0.05, 0.1) is 6.42 Å². The molecule has 102 valence electrons. The van der Waals surface area contributed by atoms with Gasteiger partial charge in [0.15, 0.2) is 0 Å². The molecule has 2 N–H and O–H groups in total. The fourth-order valence-corrected chi connectivity index (χ4v) is 2.94. The number of fused-ring (bicyclic) bond motifs is 1. The molecule has 2 aliphatic rings. The van der Waals surface area contributed by atoms with Crippen LogP contribution in [0, 0.1) is 0 Å². The van der Waals surface area contributed by atoms with Gasteiger partial charge in [-0.05, 0) is 48.9 Å². The summed E-state index contributed by atoms with van der Waals surface area (Å²) < 4.78 is 5.97. The van der Waals surface area contributed by atoms with Crippen molar-refractivity contribution in [2.24, 2.45) is 0 Å². The lowest BCUT2D eigenvalue weighted by Crippen LogP contribution is -2.64. The molecule has 1 aromatic carbocycles. The molecule has 0 amide bonds. The fraction of sp³-hybridized carbons (Fsp3) is 0.533. The highest BCUT2D eigenvalue weighted by Crippen LogP contribution is 2.30. The number of nitrogens with one attached hydrogen (secondary N) is 1. The Labute approximate surface area is 112 Å². The van der Waals surface area contributed by atoms with Crippen molar-refractivity contribution < 1.29 is 14.6 Å². The lowest BCUT2D eigenvalue weighted by molar-refractivity contribution is -0.143. The Hall–Kier alpha value is -1.55. The zero-order valence-electron chi connectivity index (χ0n) is 10.9.